The largest absolute Gasteiger partial charge is 0.390 e. The molecule has 0 radical (unpaired) electrons. The molecule has 0 saturated carbocycles. The Morgan fingerprint density at radius 2 is 0.847 bits per heavy atom. The topological polar surface area (TPSA) is 149 Å². The number of nitrogens with one attached hydrogen (secondary N) is 1. The van der Waals surface area contributed by atoms with E-state index in [0.29, 0.717) is 12.8 Å². The molecule has 9 heteroatoms. The molecular weight excluding hydrogens is 743 g/mol. The second kappa shape index (κ2) is 40.0. The van der Waals surface area contributed by atoms with Crippen LogP contribution < -0.4 is 5.32 Å². The molecule has 1 heterocycles. The van der Waals surface area contributed by atoms with Crippen LogP contribution in [0.4, 0.5) is 0 Å². The Morgan fingerprint density at radius 1 is 0.508 bits per heavy atom. The van der Waals surface area contributed by atoms with Crippen molar-refractivity contribution in [3.8, 4) is 0 Å². The first-order chi connectivity index (χ1) is 28.7. The van der Waals surface area contributed by atoms with E-state index in [9.17, 15) is 30.3 Å². The first-order valence-corrected chi connectivity index (χ1v) is 25.7. The van der Waals surface area contributed by atoms with E-state index >= 15 is 0 Å². The number of carbonyl (C=O) groups is 1. The SMILES string of the molecule is CCCCCCCCCCCCCCCCCCCCCCCCCC(=O)N[C@@H](CO[C@@H]1O[C@@H](C)[C@@H](O)C(O)[C@@H]1O)[C@H](O)[C@H](O)CCCCCCCCCCCCCC. The second-order valence-corrected chi connectivity index (χ2v) is 18.5. The van der Waals surface area contributed by atoms with Gasteiger partial charge in [-0.2, -0.15) is 0 Å². The Bertz CT molecular complexity index is 910. The van der Waals surface area contributed by atoms with Crippen LogP contribution in [-0.4, -0.2) is 87.0 Å². The van der Waals surface area contributed by atoms with Gasteiger partial charge in [0.1, 0.15) is 24.4 Å². The maximum absolute atomic E-state index is 13.0. The highest BCUT2D eigenvalue weighted by Crippen LogP contribution is 2.23. The Morgan fingerprint density at radius 3 is 1.22 bits per heavy atom. The number of aliphatic hydroxyl groups excluding tert-OH is 5. The molecule has 1 aliphatic rings. The van der Waals surface area contributed by atoms with Crippen molar-refractivity contribution < 1.29 is 39.8 Å². The zero-order chi connectivity index (χ0) is 43.2. The molecule has 59 heavy (non-hydrogen) atoms. The van der Waals surface area contributed by atoms with Gasteiger partial charge < -0.3 is 40.3 Å². The Kier molecular flexibility index (Phi) is 38.1. The Balaban J connectivity index is 2.23. The number of hydrogen-bond donors (Lipinski definition) is 6. The summed E-state index contributed by atoms with van der Waals surface area (Å²) in [5.74, 6) is -0.215. The van der Waals surface area contributed by atoms with Crippen LogP contribution >= 0.6 is 0 Å². The van der Waals surface area contributed by atoms with Gasteiger partial charge in [-0.3, -0.25) is 4.79 Å². The van der Waals surface area contributed by atoms with Crippen LogP contribution in [0, 0.1) is 0 Å². The van der Waals surface area contributed by atoms with E-state index in [2.05, 4.69) is 19.2 Å². The summed E-state index contributed by atoms with van der Waals surface area (Å²) >= 11 is 0. The lowest BCUT2D eigenvalue weighted by Crippen LogP contribution is -2.58. The molecule has 352 valence electrons. The van der Waals surface area contributed by atoms with Crippen LogP contribution in [0.1, 0.15) is 258 Å². The Labute approximate surface area is 364 Å². The van der Waals surface area contributed by atoms with Gasteiger partial charge in [0.05, 0.1) is 24.9 Å². The zero-order valence-electron chi connectivity index (χ0n) is 38.9. The summed E-state index contributed by atoms with van der Waals surface area (Å²) in [6, 6.07) is -0.922. The number of aliphatic hydroxyl groups is 5. The molecule has 1 rings (SSSR count). The number of carbonyl (C=O) groups excluding carboxylic acids is 1. The standard InChI is InChI=1S/C50H99NO8/c1-4-6-8-10-12-14-16-18-19-20-21-22-23-24-25-26-27-28-30-32-34-36-38-40-45(53)51-43(41-58-50-49(57)48(56)46(54)42(3)59-50)47(55)44(52)39-37-35-33-31-29-17-15-13-11-9-7-5-2/h42-44,46-50,52,54-57H,4-41H2,1-3H3,(H,51,53)/t42-,43-,44+,46+,47-,48?,49-,50+/m0/s1. The first kappa shape index (κ1) is 56.2. The summed E-state index contributed by atoms with van der Waals surface area (Å²) in [5, 5.41) is 55.7. The van der Waals surface area contributed by atoms with Crippen LogP contribution in [0.25, 0.3) is 0 Å². The number of ether oxygens (including phenoxy) is 2. The first-order valence-electron chi connectivity index (χ1n) is 25.7. The minimum Gasteiger partial charge on any atom is -0.390 e. The smallest absolute Gasteiger partial charge is 0.220 e. The lowest BCUT2D eigenvalue weighted by atomic mass is 9.98. The van der Waals surface area contributed by atoms with E-state index in [-0.39, 0.29) is 12.5 Å². The maximum atomic E-state index is 13.0. The van der Waals surface area contributed by atoms with Crippen molar-refractivity contribution in [2.75, 3.05) is 6.61 Å². The number of rotatable bonds is 43. The van der Waals surface area contributed by atoms with Crippen molar-refractivity contribution in [1.82, 2.24) is 5.32 Å². The third-order valence-electron chi connectivity index (χ3n) is 12.8. The van der Waals surface area contributed by atoms with E-state index in [0.717, 1.165) is 38.5 Å². The number of hydrogen-bond acceptors (Lipinski definition) is 8. The summed E-state index contributed by atoms with van der Waals surface area (Å²) in [4.78, 5) is 13.0. The maximum Gasteiger partial charge on any atom is 0.220 e. The molecule has 0 aromatic heterocycles. The van der Waals surface area contributed by atoms with Crippen LogP contribution in [0.5, 0.6) is 0 Å². The molecule has 1 unspecified atom stereocenters. The third kappa shape index (κ3) is 30.8. The number of amides is 1. The van der Waals surface area contributed by atoms with E-state index in [4.69, 9.17) is 9.47 Å². The van der Waals surface area contributed by atoms with Gasteiger partial charge in [0.25, 0.3) is 0 Å². The van der Waals surface area contributed by atoms with Gasteiger partial charge in [-0.05, 0) is 19.8 Å². The van der Waals surface area contributed by atoms with Crippen molar-refractivity contribution in [1.29, 1.82) is 0 Å². The van der Waals surface area contributed by atoms with Gasteiger partial charge in [0.2, 0.25) is 5.91 Å². The van der Waals surface area contributed by atoms with Crippen LogP contribution in [0.2, 0.25) is 0 Å². The van der Waals surface area contributed by atoms with Crippen molar-refractivity contribution in [3.05, 3.63) is 0 Å². The summed E-state index contributed by atoms with van der Waals surface area (Å²) in [5.41, 5.74) is 0. The molecule has 0 aromatic rings. The quantitative estimate of drug-likeness (QED) is 0.0332. The molecule has 0 aliphatic carbocycles. The average Bonchev–Trinajstić information content (AvgIpc) is 3.23. The van der Waals surface area contributed by atoms with Crippen LogP contribution in [0.15, 0.2) is 0 Å². The molecule has 6 N–H and O–H groups in total. The monoisotopic (exact) mass is 842 g/mol. The molecular formula is C50H99NO8. The Hall–Kier alpha value is -0.810. The van der Waals surface area contributed by atoms with Crippen LogP contribution in [0.3, 0.4) is 0 Å². The molecule has 0 spiro atoms. The second-order valence-electron chi connectivity index (χ2n) is 18.5. The molecule has 1 aliphatic heterocycles. The molecule has 9 nitrogen and oxygen atoms in total. The van der Waals surface area contributed by atoms with Crippen molar-refractivity contribution in [3.63, 3.8) is 0 Å². The highest BCUT2D eigenvalue weighted by atomic mass is 16.7. The van der Waals surface area contributed by atoms with Crippen molar-refractivity contribution in [2.24, 2.45) is 0 Å². The van der Waals surface area contributed by atoms with Crippen molar-refractivity contribution >= 4 is 5.91 Å². The summed E-state index contributed by atoms with van der Waals surface area (Å²) < 4.78 is 11.3. The number of unbranched alkanes of at least 4 members (excludes halogenated alkanes) is 33. The van der Waals surface area contributed by atoms with Gasteiger partial charge in [-0.15, -0.1) is 0 Å². The lowest BCUT2D eigenvalue weighted by molar-refractivity contribution is -0.295. The molecule has 1 saturated heterocycles. The minimum absolute atomic E-state index is 0.215. The fourth-order valence-corrected chi connectivity index (χ4v) is 8.56. The fraction of sp³-hybridized carbons (Fsp3) is 0.980. The molecule has 8 atom stereocenters. The predicted molar refractivity (Wildman–Crippen MR) is 244 cm³/mol. The zero-order valence-corrected chi connectivity index (χ0v) is 38.9. The normalized spacial score (nSPS) is 21.1. The van der Waals surface area contributed by atoms with Gasteiger partial charge in [0, 0.05) is 6.42 Å². The molecule has 1 amide bonds. The van der Waals surface area contributed by atoms with E-state index in [1.54, 1.807) is 6.92 Å². The molecule has 0 bridgehead atoms. The minimum atomic E-state index is -1.49. The van der Waals surface area contributed by atoms with Gasteiger partial charge in [0.15, 0.2) is 6.29 Å². The average molecular weight is 842 g/mol. The highest BCUT2D eigenvalue weighted by molar-refractivity contribution is 5.76. The van der Waals surface area contributed by atoms with Crippen LogP contribution in [-0.2, 0) is 14.3 Å². The highest BCUT2D eigenvalue weighted by Gasteiger charge is 2.43. The van der Waals surface area contributed by atoms with E-state index in [1.807, 2.05) is 0 Å². The van der Waals surface area contributed by atoms with E-state index in [1.165, 1.54) is 186 Å². The molecule has 0 aromatic carbocycles. The van der Waals surface area contributed by atoms with Gasteiger partial charge >= 0.3 is 0 Å². The van der Waals surface area contributed by atoms with E-state index < -0.39 is 49.0 Å². The van der Waals surface area contributed by atoms with Gasteiger partial charge in [-0.1, -0.05) is 232 Å². The lowest BCUT2D eigenvalue weighted by Gasteiger charge is -2.39. The summed E-state index contributed by atoms with van der Waals surface area (Å²) in [6.07, 6.45) is 37.1. The molecule has 1 fully saturated rings. The predicted octanol–water partition coefficient (Wildman–Crippen LogP) is 11.5. The van der Waals surface area contributed by atoms with Crippen molar-refractivity contribution in [2.45, 2.75) is 307 Å². The summed E-state index contributed by atoms with van der Waals surface area (Å²) in [6.45, 7) is 5.88. The fourth-order valence-electron chi connectivity index (χ4n) is 8.56. The van der Waals surface area contributed by atoms with Gasteiger partial charge in [-0.25, -0.2) is 0 Å². The summed E-state index contributed by atoms with van der Waals surface area (Å²) in [7, 11) is 0. The third-order valence-corrected chi connectivity index (χ3v) is 12.8.